The average molecular weight is 235 g/mol. The summed E-state index contributed by atoms with van der Waals surface area (Å²) in [4.78, 5) is 14.8. The van der Waals surface area contributed by atoms with Crippen LogP contribution in [0.2, 0.25) is 0 Å². The first kappa shape index (κ1) is 12.0. The van der Waals surface area contributed by atoms with Crippen molar-refractivity contribution in [3.8, 4) is 0 Å². The van der Waals surface area contributed by atoms with E-state index in [1.165, 1.54) is 25.5 Å². The molecular formula is C12H17N3O2. The van der Waals surface area contributed by atoms with E-state index < -0.39 is 5.97 Å². The van der Waals surface area contributed by atoms with E-state index in [1.54, 1.807) is 12.1 Å². The maximum absolute atomic E-state index is 10.7. The van der Waals surface area contributed by atoms with Gasteiger partial charge in [-0.25, -0.2) is 15.2 Å². The molecule has 17 heavy (non-hydrogen) atoms. The third-order valence-corrected chi connectivity index (χ3v) is 2.91. The highest BCUT2D eigenvalue weighted by Crippen LogP contribution is 2.06. The maximum Gasteiger partial charge on any atom is 0.337 e. The van der Waals surface area contributed by atoms with Crippen molar-refractivity contribution in [2.45, 2.75) is 25.8 Å². The molecule has 0 spiro atoms. The summed E-state index contributed by atoms with van der Waals surface area (Å²) in [6.45, 7) is 2.81. The third-order valence-electron chi connectivity index (χ3n) is 2.91. The zero-order valence-electron chi connectivity index (χ0n) is 9.72. The van der Waals surface area contributed by atoms with Gasteiger partial charge >= 0.3 is 5.97 Å². The van der Waals surface area contributed by atoms with Crippen molar-refractivity contribution in [1.29, 1.82) is 0 Å². The van der Waals surface area contributed by atoms with Gasteiger partial charge in [0.25, 0.3) is 0 Å². The van der Waals surface area contributed by atoms with Gasteiger partial charge in [-0.05, 0) is 25.0 Å². The van der Waals surface area contributed by atoms with Gasteiger partial charge in [0, 0.05) is 19.3 Å². The second kappa shape index (κ2) is 5.75. The molecule has 0 saturated carbocycles. The summed E-state index contributed by atoms with van der Waals surface area (Å²) < 4.78 is 0. The number of aromatic nitrogens is 1. The highest BCUT2D eigenvalue weighted by Gasteiger charge is 2.09. The number of carboxylic acid groups (broad SMARTS) is 1. The van der Waals surface area contributed by atoms with Crippen LogP contribution in [0.25, 0.3) is 0 Å². The van der Waals surface area contributed by atoms with Gasteiger partial charge in [-0.2, -0.15) is 0 Å². The van der Waals surface area contributed by atoms with Gasteiger partial charge < -0.3 is 5.11 Å². The van der Waals surface area contributed by atoms with Crippen molar-refractivity contribution in [3.63, 3.8) is 0 Å². The van der Waals surface area contributed by atoms with Gasteiger partial charge in [-0.15, -0.1) is 0 Å². The summed E-state index contributed by atoms with van der Waals surface area (Å²) in [6.07, 6.45) is 5.18. The Morgan fingerprint density at radius 1 is 1.35 bits per heavy atom. The summed E-state index contributed by atoms with van der Waals surface area (Å²) in [6, 6.07) is 3.34. The molecule has 1 aromatic heterocycles. The minimum atomic E-state index is -0.937. The zero-order chi connectivity index (χ0) is 12.1. The lowest BCUT2D eigenvalue weighted by atomic mass is 10.2. The predicted molar refractivity (Wildman–Crippen MR) is 63.5 cm³/mol. The van der Waals surface area contributed by atoms with Crippen LogP contribution in [0.3, 0.4) is 0 Å². The number of aromatic carboxylic acids is 1. The Labute approximate surface area is 100 Å². The molecule has 0 unspecified atom stereocenters. The van der Waals surface area contributed by atoms with E-state index in [9.17, 15) is 4.79 Å². The normalized spacial score (nSPS) is 16.9. The Bertz CT molecular complexity index is 372. The molecule has 0 radical (unpaired) electrons. The fraction of sp³-hybridized carbons (Fsp3) is 0.500. The second-order valence-electron chi connectivity index (χ2n) is 4.23. The summed E-state index contributed by atoms with van der Waals surface area (Å²) in [7, 11) is 0. The van der Waals surface area contributed by atoms with Crippen LogP contribution in [0.5, 0.6) is 0 Å². The largest absolute Gasteiger partial charge is 0.478 e. The Kier molecular flexibility index (Phi) is 4.06. The Morgan fingerprint density at radius 2 is 2.12 bits per heavy atom. The highest BCUT2D eigenvalue weighted by atomic mass is 16.4. The Morgan fingerprint density at radius 3 is 2.71 bits per heavy atom. The molecule has 0 amide bonds. The molecule has 2 N–H and O–H groups in total. The summed E-state index contributed by atoms with van der Waals surface area (Å²) in [5.74, 6) is -0.937. The number of hydrazine groups is 1. The third kappa shape index (κ3) is 3.51. The molecule has 1 aromatic rings. The summed E-state index contributed by atoms with van der Waals surface area (Å²) in [5, 5.41) is 11.0. The van der Waals surface area contributed by atoms with E-state index in [0.717, 1.165) is 18.8 Å². The maximum atomic E-state index is 10.7. The van der Waals surface area contributed by atoms with Gasteiger partial charge in [0.1, 0.15) is 0 Å². The molecule has 5 nitrogen and oxygen atoms in total. The SMILES string of the molecule is O=C(O)c1ccc(CNN2CCCCC2)nc1. The average Bonchev–Trinajstić information content (AvgIpc) is 2.38. The van der Waals surface area contributed by atoms with Crippen LogP contribution >= 0.6 is 0 Å². The molecule has 1 aliphatic rings. The van der Waals surface area contributed by atoms with E-state index in [0.29, 0.717) is 6.54 Å². The van der Waals surface area contributed by atoms with Crippen LogP contribution in [0, 0.1) is 0 Å². The van der Waals surface area contributed by atoms with Crippen LogP contribution in [0.4, 0.5) is 0 Å². The van der Waals surface area contributed by atoms with Crippen molar-refractivity contribution in [3.05, 3.63) is 29.6 Å². The molecule has 1 fully saturated rings. The molecular weight excluding hydrogens is 218 g/mol. The molecule has 0 aromatic carbocycles. The zero-order valence-corrected chi connectivity index (χ0v) is 9.72. The van der Waals surface area contributed by atoms with Gasteiger partial charge in [-0.1, -0.05) is 6.42 Å². The van der Waals surface area contributed by atoms with E-state index in [-0.39, 0.29) is 5.56 Å². The fourth-order valence-electron chi connectivity index (χ4n) is 1.90. The lowest BCUT2D eigenvalue weighted by Crippen LogP contribution is -2.41. The molecule has 5 heteroatoms. The molecule has 2 rings (SSSR count). The summed E-state index contributed by atoms with van der Waals surface area (Å²) >= 11 is 0. The molecule has 1 saturated heterocycles. The van der Waals surface area contributed by atoms with Gasteiger partial charge in [0.05, 0.1) is 17.8 Å². The minimum absolute atomic E-state index is 0.228. The van der Waals surface area contributed by atoms with E-state index >= 15 is 0 Å². The molecule has 2 heterocycles. The molecule has 0 aliphatic carbocycles. The van der Waals surface area contributed by atoms with Crippen LogP contribution in [-0.2, 0) is 6.54 Å². The van der Waals surface area contributed by atoms with Crippen molar-refractivity contribution in [1.82, 2.24) is 15.4 Å². The monoisotopic (exact) mass is 235 g/mol. The number of hydrogen-bond acceptors (Lipinski definition) is 4. The Balaban J connectivity index is 1.84. The lowest BCUT2D eigenvalue weighted by molar-refractivity contribution is 0.0696. The summed E-state index contributed by atoms with van der Waals surface area (Å²) in [5.41, 5.74) is 4.40. The highest BCUT2D eigenvalue weighted by molar-refractivity contribution is 5.87. The standard InChI is InChI=1S/C12H17N3O2/c16-12(17)10-4-5-11(13-8-10)9-14-15-6-2-1-3-7-15/h4-5,8,14H,1-3,6-7,9H2,(H,16,17). The van der Waals surface area contributed by atoms with Gasteiger partial charge in [0.2, 0.25) is 0 Å². The van der Waals surface area contributed by atoms with E-state index in [1.807, 2.05) is 0 Å². The fourth-order valence-corrected chi connectivity index (χ4v) is 1.90. The molecule has 0 bridgehead atoms. The topological polar surface area (TPSA) is 65.5 Å². The lowest BCUT2D eigenvalue weighted by Gasteiger charge is -2.26. The van der Waals surface area contributed by atoms with E-state index in [2.05, 4.69) is 15.4 Å². The van der Waals surface area contributed by atoms with Gasteiger partial charge in [-0.3, -0.25) is 4.98 Å². The first-order valence-corrected chi connectivity index (χ1v) is 5.92. The number of carboxylic acids is 1. The number of rotatable bonds is 4. The van der Waals surface area contributed by atoms with Crippen LogP contribution in [0.1, 0.15) is 35.3 Å². The quantitative estimate of drug-likeness (QED) is 0.822. The van der Waals surface area contributed by atoms with Crippen LogP contribution in [-0.4, -0.2) is 34.2 Å². The van der Waals surface area contributed by atoms with Crippen molar-refractivity contribution in [2.24, 2.45) is 0 Å². The number of pyridine rings is 1. The van der Waals surface area contributed by atoms with Crippen molar-refractivity contribution in [2.75, 3.05) is 13.1 Å². The first-order chi connectivity index (χ1) is 8.25. The Hall–Kier alpha value is -1.46. The van der Waals surface area contributed by atoms with Crippen molar-refractivity contribution < 1.29 is 9.90 Å². The number of nitrogens with one attached hydrogen (secondary N) is 1. The van der Waals surface area contributed by atoms with E-state index in [4.69, 9.17) is 5.11 Å². The predicted octanol–water partition coefficient (Wildman–Crippen LogP) is 1.27. The number of hydrogen-bond donors (Lipinski definition) is 2. The number of nitrogens with zero attached hydrogens (tertiary/aromatic N) is 2. The molecule has 1 aliphatic heterocycles. The molecule has 92 valence electrons. The second-order valence-corrected chi connectivity index (χ2v) is 4.23. The molecule has 0 atom stereocenters. The first-order valence-electron chi connectivity index (χ1n) is 5.92. The van der Waals surface area contributed by atoms with Crippen LogP contribution < -0.4 is 5.43 Å². The number of piperidine rings is 1. The van der Waals surface area contributed by atoms with Crippen molar-refractivity contribution >= 4 is 5.97 Å². The van der Waals surface area contributed by atoms with Gasteiger partial charge in [0.15, 0.2) is 0 Å². The smallest absolute Gasteiger partial charge is 0.337 e. The number of carbonyl (C=O) groups is 1. The van der Waals surface area contributed by atoms with Crippen LogP contribution in [0.15, 0.2) is 18.3 Å². The minimum Gasteiger partial charge on any atom is -0.478 e.